The van der Waals surface area contributed by atoms with Gasteiger partial charge in [0.05, 0.1) is 10.6 Å². The predicted octanol–water partition coefficient (Wildman–Crippen LogP) is 6.25. The Kier molecular flexibility index (Phi) is 8.34. The number of carbonyl (C=O) groups excluding carboxylic acids is 1. The minimum Gasteiger partial charge on any atom is -0.484 e. The average molecular weight is 537 g/mol. The van der Waals surface area contributed by atoms with Crippen LogP contribution in [-0.4, -0.2) is 20.9 Å². The van der Waals surface area contributed by atoms with Crippen molar-refractivity contribution in [1.29, 1.82) is 0 Å². The molecule has 0 radical (unpaired) electrons. The first kappa shape index (κ1) is 24.3. The molecule has 0 saturated heterocycles. The zero-order valence-electron chi connectivity index (χ0n) is 17.5. The second-order valence-electron chi connectivity index (χ2n) is 7.13. The molecule has 32 heavy (non-hydrogen) atoms. The Bertz CT molecular complexity index is 1150. The van der Waals surface area contributed by atoms with Crippen molar-refractivity contribution in [3.63, 3.8) is 0 Å². The first-order valence-electron chi connectivity index (χ1n) is 10.1. The van der Waals surface area contributed by atoms with Crippen LogP contribution in [0.25, 0.3) is 0 Å². The Morgan fingerprint density at radius 3 is 2.19 bits per heavy atom. The standard InChI is InChI=1S/C24H23BrClNO4S/c1-2-3-4-18-5-11-21(12-6-18)27(32(29,30)23-15-9-20(26)10-16-23)24(28)17-31-22-13-7-19(25)8-14-22/h5-16H,2-4,17H2,1H3. The third-order valence-electron chi connectivity index (χ3n) is 4.74. The van der Waals surface area contributed by atoms with Crippen LogP contribution < -0.4 is 9.04 Å². The van der Waals surface area contributed by atoms with E-state index in [2.05, 4.69) is 22.9 Å². The number of halogens is 2. The fraction of sp³-hybridized carbons (Fsp3) is 0.208. The smallest absolute Gasteiger partial charge is 0.278 e. The van der Waals surface area contributed by atoms with Crippen molar-refractivity contribution in [1.82, 2.24) is 0 Å². The summed E-state index contributed by atoms with van der Waals surface area (Å²) in [5.41, 5.74) is 1.34. The van der Waals surface area contributed by atoms with Crippen LogP contribution in [0.5, 0.6) is 5.75 Å². The molecule has 0 heterocycles. The minimum absolute atomic E-state index is 0.0334. The normalized spacial score (nSPS) is 11.2. The van der Waals surface area contributed by atoms with Crippen molar-refractivity contribution >= 4 is 49.1 Å². The van der Waals surface area contributed by atoms with Crippen molar-refractivity contribution in [3.8, 4) is 5.75 Å². The summed E-state index contributed by atoms with van der Waals surface area (Å²) in [7, 11) is -4.17. The largest absolute Gasteiger partial charge is 0.484 e. The van der Waals surface area contributed by atoms with Gasteiger partial charge in [0.1, 0.15) is 5.75 Å². The van der Waals surface area contributed by atoms with Gasteiger partial charge in [-0.3, -0.25) is 4.79 Å². The molecule has 0 unspecified atom stereocenters. The molecule has 0 bridgehead atoms. The summed E-state index contributed by atoms with van der Waals surface area (Å²) in [6.45, 7) is 1.67. The summed E-state index contributed by atoms with van der Waals surface area (Å²) in [6.07, 6.45) is 2.98. The summed E-state index contributed by atoms with van der Waals surface area (Å²) in [4.78, 5) is 13.1. The van der Waals surface area contributed by atoms with Gasteiger partial charge in [-0.15, -0.1) is 0 Å². The van der Waals surface area contributed by atoms with Crippen LogP contribution in [0.15, 0.2) is 82.2 Å². The van der Waals surface area contributed by atoms with Crippen LogP contribution in [0.2, 0.25) is 5.02 Å². The number of anilines is 1. The molecule has 0 aliphatic carbocycles. The Hall–Kier alpha value is -2.35. The second-order valence-corrected chi connectivity index (χ2v) is 10.3. The van der Waals surface area contributed by atoms with Crippen molar-refractivity contribution in [2.24, 2.45) is 0 Å². The van der Waals surface area contributed by atoms with Gasteiger partial charge in [0.25, 0.3) is 15.9 Å². The number of carbonyl (C=O) groups is 1. The highest BCUT2D eigenvalue weighted by molar-refractivity contribution is 9.10. The quantitative estimate of drug-likeness (QED) is 0.324. The maximum Gasteiger partial charge on any atom is 0.278 e. The summed E-state index contributed by atoms with van der Waals surface area (Å²) in [5.74, 6) is -0.246. The predicted molar refractivity (Wildman–Crippen MR) is 131 cm³/mol. The highest BCUT2D eigenvalue weighted by Crippen LogP contribution is 2.26. The molecule has 0 aliphatic heterocycles. The number of sulfonamides is 1. The number of hydrogen-bond acceptors (Lipinski definition) is 4. The van der Waals surface area contributed by atoms with Crippen molar-refractivity contribution in [2.75, 3.05) is 10.9 Å². The molecule has 0 fully saturated rings. The van der Waals surface area contributed by atoms with Crippen LogP contribution in [0, 0.1) is 0 Å². The molecular weight excluding hydrogens is 514 g/mol. The molecule has 3 aromatic rings. The molecule has 3 rings (SSSR count). The Balaban J connectivity index is 1.91. The van der Waals surface area contributed by atoms with Gasteiger partial charge in [-0.2, -0.15) is 4.31 Å². The van der Waals surface area contributed by atoms with E-state index in [4.69, 9.17) is 16.3 Å². The third-order valence-corrected chi connectivity index (χ3v) is 7.29. The van der Waals surface area contributed by atoms with Gasteiger partial charge in [-0.1, -0.05) is 53.0 Å². The molecular formula is C24H23BrClNO4S. The van der Waals surface area contributed by atoms with Crippen LogP contribution in [0.3, 0.4) is 0 Å². The number of benzene rings is 3. The van der Waals surface area contributed by atoms with Gasteiger partial charge in [0.2, 0.25) is 0 Å². The molecule has 0 atom stereocenters. The molecule has 0 spiro atoms. The average Bonchev–Trinajstić information content (AvgIpc) is 2.78. The van der Waals surface area contributed by atoms with Gasteiger partial charge in [-0.05, 0) is 79.1 Å². The van der Waals surface area contributed by atoms with E-state index in [1.807, 2.05) is 12.1 Å². The molecule has 0 saturated carbocycles. The zero-order chi connectivity index (χ0) is 23.1. The maximum absolute atomic E-state index is 13.4. The van der Waals surface area contributed by atoms with E-state index in [1.54, 1.807) is 36.4 Å². The molecule has 1 amide bonds. The minimum atomic E-state index is -4.17. The maximum atomic E-state index is 13.4. The van der Waals surface area contributed by atoms with Crippen LogP contribution >= 0.6 is 27.5 Å². The first-order valence-corrected chi connectivity index (χ1v) is 12.7. The number of hydrogen-bond donors (Lipinski definition) is 0. The van der Waals surface area contributed by atoms with Crippen molar-refractivity contribution < 1.29 is 17.9 Å². The summed E-state index contributed by atoms with van der Waals surface area (Å²) >= 11 is 9.25. The fourth-order valence-electron chi connectivity index (χ4n) is 3.04. The van der Waals surface area contributed by atoms with Gasteiger partial charge in [-0.25, -0.2) is 8.42 Å². The highest BCUT2D eigenvalue weighted by atomic mass is 79.9. The SMILES string of the molecule is CCCCc1ccc(N(C(=O)COc2ccc(Br)cc2)S(=O)(=O)c2ccc(Cl)cc2)cc1. The van der Waals surface area contributed by atoms with E-state index in [9.17, 15) is 13.2 Å². The summed E-state index contributed by atoms with van der Waals surface area (Å²) in [5, 5.41) is 0.403. The number of aryl methyl sites for hydroxylation is 1. The van der Waals surface area contributed by atoms with Crippen LogP contribution in [-0.2, 0) is 21.2 Å². The van der Waals surface area contributed by atoms with Gasteiger partial charge < -0.3 is 4.74 Å². The van der Waals surface area contributed by atoms with Crippen molar-refractivity contribution in [2.45, 2.75) is 31.1 Å². The monoisotopic (exact) mass is 535 g/mol. The van der Waals surface area contributed by atoms with E-state index < -0.39 is 22.5 Å². The van der Waals surface area contributed by atoms with Gasteiger partial charge in [0, 0.05) is 9.50 Å². The summed E-state index contributed by atoms with van der Waals surface area (Å²) < 4.78 is 34.0. The highest BCUT2D eigenvalue weighted by Gasteiger charge is 2.31. The molecule has 5 nitrogen and oxygen atoms in total. The Labute approximate surface area is 202 Å². The van der Waals surface area contributed by atoms with E-state index in [1.165, 1.54) is 24.3 Å². The van der Waals surface area contributed by atoms with E-state index in [-0.39, 0.29) is 10.6 Å². The van der Waals surface area contributed by atoms with E-state index in [0.717, 1.165) is 33.6 Å². The molecule has 8 heteroatoms. The van der Waals surface area contributed by atoms with Crippen LogP contribution in [0.4, 0.5) is 5.69 Å². The van der Waals surface area contributed by atoms with Crippen molar-refractivity contribution in [3.05, 3.63) is 87.9 Å². The van der Waals surface area contributed by atoms with Gasteiger partial charge in [0.15, 0.2) is 6.61 Å². The van der Waals surface area contributed by atoms with E-state index in [0.29, 0.717) is 10.8 Å². The van der Waals surface area contributed by atoms with Gasteiger partial charge >= 0.3 is 0 Å². The number of unbranched alkanes of at least 4 members (excludes halogenated alkanes) is 1. The Morgan fingerprint density at radius 2 is 1.59 bits per heavy atom. The first-order chi connectivity index (χ1) is 15.3. The van der Waals surface area contributed by atoms with E-state index >= 15 is 0 Å². The lowest BCUT2D eigenvalue weighted by atomic mass is 10.1. The number of rotatable bonds is 9. The lowest BCUT2D eigenvalue weighted by Crippen LogP contribution is -2.40. The molecule has 3 aromatic carbocycles. The number of amides is 1. The number of ether oxygens (including phenoxy) is 1. The second kappa shape index (κ2) is 11.0. The number of nitrogens with zero attached hydrogens (tertiary/aromatic N) is 1. The fourth-order valence-corrected chi connectivity index (χ4v) is 4.84. The molecule has 0 aliphatic rings. The summed E-state index contributed by atoms with van der Waals surface area (Å²) in [6, 6.07) is 19.6. The lowest BCUT2D eigenvalue weighted by Gasteiger charge is -2.23. The Morgan fingerprint density at radius 1 is 0.969 bits per heavy atom. The molecule has 0 aromatic heterocycles. The lowest BCUT2D eigenvalue weighted by molar-refractivity contribution is -0.119. The zero-order valence-corrected chi connectivity index (χ0v) is 20.7. The molecule has 168 valence electrons. The molecule has 0 N–H and O–H groups in total. The topological polar surface area (TPSA) is 63.7 Å². The van der Waals surface area contributed by atoms with Crippen LogP contribution in [0.1, 0.15) is 25.3 Å². The third kappa shape index (κ3) is 6.12.